The number of carbonyl (C=O) groups is 2. The molecule has 0 unspecified atom stereocenters. The average Bonchev–Trinajstić information content (AvgIpc) is 2.90. The number of aromatic carboxylic acids is 1. The van der Waals surface area contributed by atoms with Gasteiger partial charge in [-0.25, -0.2) is 14.7 Å². The third-order valence-electron chi connectivity index (χ3n) is 2.27. The fraction of sp³-hybridized carbons (Fsp3) is 0.100. The van der Waals surface area contributed by atoms with Crippen LogP contribution in [0.2, 0.25) is 0 Å². The van der Waals surface area contributed by atoms with E-state index in [0.29, 0.717) is 5.56 Å². The van der Waals surface area contributed by atoms with Crippen molar-refractivity contribution in [3.8, 4) is 11.4 Å². The molecule has 18 heavy (non-hydrogen) atoms. The number of carboxylic acid groups (broad SMARTS) is 1. The first-order valence-electron chi connectivity index (χ1n) is 4.83. The molecule has 2 aromatic rings. The van der Waals surface area contributed by atoms with Crippen LogP contribution in [0, 0.1) is 0 Å². The third kappa shape index (κ3) is 2.03. The number of methoxy groups -OCH3 is 1. The Kier molecular flexibility index (Phi) is 3.00. The first-order chi connectivity index (χ1) is 8.63. The smallest absolute Gasteiger partial charge is 0.338 e. The molecule has 92 valence electrons. The minimum Gasteiger partial charge on any atom is -0.478 e. The van der Waals surface area contributed by atoms with Gasteiger partial charge in [0.15, 0.2) is 5.82 Å². The Morgan fingerprint density at radius 3 is 2.72 bits per heavy atom. The summed E-state index contributed by atoms with van der Waals surface area (Å²) in [7, 11) is 1.21. The summed E-state index contributed by atoms with van der Waals surface area (Å²) >= 11 is 0. The van der Waals surface area contributed by atoms with Crippen LogP contribution in [-0.2, 0) is 4.74 Å². The summed E-state index contributed by atoms with van der Waals surface area (Å²) < 4.78 is 4.60. The zero-order valence-corrected chi connectivity index (χ0v) is 9.25. The monoisotopic (exact) mass is 248 g/mol. The second-order valence-corrected chi connectivity index (χ2v) is 3.31. The molecule has 0 bridgehead atoms. The lowest BCUT2D eigenvalue weighted by Gasteiger charge is -2.05. The molecule has 0 aliphatic carbocycles. The first-order valence-corrected chi connectivity index (χ1v) is 4.83. The van der Waals surface area contributed by atoms with Crippen LogP contribution in [0.4, 0.5) is 0 Å². The number of ether oxygens (including phenoxy) is 1. The van der Waals surface area contributed by atoms with Gasteiger partial charge in [0.05, 0.1) is 18.2 Å². The number of rotatable bonds is 3. The Hall–Kier alpha value is -2.77. The van der Waals surface area contributed by atoms with Gasteiger partial charge in [-0.15, -0.1) is 5.10 Å². The molecule has 2 rings (SSSR count). The Morgan fingerprint density at radius 1 is 1.39 bits per heavy atom. The second kappa shape index (κ2) is 4.62. The molecule has 0 amide bonds. The van der Waals surface area contributed by atoms with Crippen molar-refractivity contribution in [1.82, 2.24) is 20.6 Å². The molecule has 8 heteroatoms. The van der Waals surface area contributed by atoms with Gasteiger partial charge in [-0.1, -0.05) is 0 Å². The number of hydrogen-bond acceptors (Lipinski definition) is 6. The summed E-state index contributed by atoms with van der Waals surface area (Å²) in [5, 5.41) is 21.8. The molecule has 0 fully saturated rings. The topological polar surface area (TPSA) is 118 Å². The SMILES string of the molecule is COC(=O)c1cc(C(=O)O)ccc1-c1nnn[nH]1. The van der Waals surface area contributed by atoms with Gasteiger partial charge in [0.1, 0.15) is 0 Å². The molecule has 0 aliphatic rings. The molecule has 8 nitrogen and oxygen atoms in total. The van der Waals surface area contributed by atoms with E-state index in [1.807, 2.05) is 0 Å². The average molecular weight is 248 g/mol. The molecule has 1 aromatic carbocycles. The molecule has 0 aliphatic heterocycles. The molecule has 2 N–H and O–H groups in total. The summed E-state index contributed by atoms with van der Waals surface area (Å²) in [6.07, 6.45) is 0. The van der Waals surface area contributed by atoms with Crippen LogP contribution in [0.1, 0.15) is 20.7 Å². The van der Waals surface area contributed by atoms with Gasteiger partial charge in [-0.2, -0.15) is 0 Å². The van der Waals surface area contributed by atoms with E-state index in [9.17, 15) is 9.59 Å². The lowest BCUT2D eigenvalue weighted by atomic mass is 10.0. The molecule has 1 heterocycles. The predicted molar refractivity (Wildman–Crippen MR) is 57.9 cm³/mol. The van der Waals surface area contributed by atoms with E-state index >= 15 is 0 Å². The number of H-pyrrole nitrogens is 1. The van der Waals surface area contributed by atoms with Crippen molar-refractivity contribution < 1.29 is 19.4 Å². The van der Waals surface area contributed by atoms with Gasteiger partial charge in [-0.3, -0.25) is 0 Å². The number of nitrogens with zero attached hydrogens (tertiary/aromatic N) is 3. The number of aromatic amines is 1. The maximum absolute atomic E-state index is 11.6. The molecule has 1 aromatic heterocycles. The zero-order valence-electron chi connectivity index (χ0n) is 9.25. The molecular weight excluding hydrogens is 240 g/mol. The lowest BCUT2D eigenvalue weighted by Crippen LogP contribution is -2.07. The highest BCUT2D eigenvalue weighted by Crippen LogP contribution is 2.21. The largest absolute Gasteiger partial charge is 0.478 e. The standard InChI is InChI=1S/C10H8N4O4/c1-18-10(17)7-4-5(9(15)16)2-3-6(7)8-11-13-14-12-8/h2-4H,1H3,(H,15,16)(H,11,12,13,14). The van der Waals surface area contributed by atoms with Crippen molar-refractivity contribution in [3.63, 3.8) is 0 Å². The Bertz CT molecular complexity index is 594. The number of tetrazole rings is 1. The van der Waals surface area contributed by atoms with Crippen molar-refractivity contribution >= 4 is 11.9 Å². The molecule has 0 spiro atoms. The maximum Gasteiger partial charge on any atom is 0.338 e. The molecule has 0 radical (unpaired) electrons. The van der Waals surface area contributed by atoms with E-state index in [2.05, 4.69) is 25.4 Å². The van der Waals surface area contributed by atoms with E-state index in [1.54, 1.807) is 0 Å². The summed E-state index contributed by atoms with van der Waals surface area (Å²) in [5.74, 6) is -1.54. The van der Waals surface area contributed by atoms with Gasteiger partial charge >= 0.3 is 11.9 Å². The van der Waals surface area contributed by atoms with E-state index in [4.69, 9.17) is 5.11 Å². The van der Waals surface area contributed by atoms with Gasteiger partial charge in [0, 0.05) is 5.56 Å². The quantitative estimate of drug-likeness (QED) is 0.752. The van der Waals surface area contributed by atoms with Gasteiger partial charge in [0.25, 0.3) is 0 Å². The van der Waals surface area contributed by atoms with Crippen LogP contribution >= 0.6 is 0 Å². The van der Waals surface area contributed by atoms with Crippen molar-refractivity contribution in [2.24, 2.45) is 0 Å². The number of hydrogen-bond donors (Lipinski definition) is 2. The molecule has 0 atom stereocenters. The van der Waals surface area contributed by atoms with Crippen LogP contribution < -0.4 is 0 Å². The van der Waals surface area contributed by atoms with E-state index < -0.39 is 11.9 Å². The van der Waals surface area contributed by atoms with Crippen LogP contribution in [0.25, 0.3) is 11.4 Å². The normalized spacial score (nSPS) is 10.1. The Balaban J connectivity index is 2.59. The van der Waals surface area contributed by atoms with Crippen LogP contribution in [0.15, 0.2) is 18.2 Å². The number of aromatic nitrogens is 4. The van der Waals surface area contributed by atoms with Gasteiger partial charge in [-0.05, 0) is 28.6 Å². The predicted octanol–water partition coefficient (Wildman–Crippen LogP) is 0.351. The Morgan fingerprint density at radius 2 is 2.17 bits per heavy atom. The van der Waals surface area contributed by atoms with Crippen LogP contribution in [0.5, 0.6) is 0 Å². The fourth-order valence-electron chi connectivity index (χ4n) is 1.44. The third-order valence-corrected chi connectivity index (χ3v) is 2.27. The highest BCUT2D eigenvalue weighted by Gasteiger charge is 2.18. The minimum atomic E-state index is -1.14. The fourth-order valence-corrected chi connectivity index (χ4v) is 1.44. The van der Waals surface area contributed by atoms with Crippen LogP contribution in [-0.4, -0.2) is 44.8 Å². The minimum absolute atomic E-state index is 0.0216. The van der Waals surface area contributed by atoms with E-state index in [1.165, 1.54) is 25.3 Å². The summed E-state index contributed by atoms with van der Waals surface area (Å²) in [6.45, 7) is 0. The molecular formula is C10H8N4O4. The highest BCUT2D eigenvalue weighted by atomic mass is 16.5. The van der Waals surface area contributed by atoms with Crippen molar-refractivity contribution in [3.05, 3.63) is 29.3 Å². The number of nitrogens with one attached hydrogen (secondary N) is 1. The zero-order chi connectivity index (χ0) is 13.1. The van der Waals surface area contributed by atoms with Crippen molar-refractivity contribution in [1.29, 1.82) is 0 Å². The van der Waals surface area contributed by atoms with Crippen LogP contribution in [0.3, 0.4) is 0 Å². The highest BCUT2D eigenvalue weighted by molar-refractivity contribution is 5.99. The number of benzene rings is 1. The van der Waals surface area contributed by atoms with Crippen molar-refractivity contribution in [2.45, 2.75) is 0 Å². The molecule has 0 saturated heterocycles. The number of carboxylic acids is 1. The number of carbonyl (C=O) groups excluding carboxylic acids is 1. The van der Waals surface area contributed by atoms with Gasteiger partial charge in [0.2, 0.25) is 0 Å². The van der Waals surface area contributed by atoms with E-state index in [-0.39, 0.29) is 17.0 Å². The molecule has 0 saturated carbocycles. The van der Waals surface area contributed by atoms with E-state index in [0.717, 1.165) is 0 Å². The summed E-state index contributed by atoms with van der Waals surface area (Å²) in [5.41, 5.74) is 0.430. The number of esters is 1. The summed E-state index contributed by atoms with van der Waals surface area (Å²) in [4.78, 5) is 22.5. The maximum atomic E-state index is 11.6. The van der Waals surface area contributed by atoms with Crippen molar-refractivity contribution in [2.75, 3.05) is 7.11 Å². The summed E-state index contributed by atoms with van der Waals surface area (Å²) in [6, 6.07) is 4.01. The lowest BCUT2D eigenvalue weighted by molar-refractivity contribution is 0.0601. The first kappa shape index (κ1) is 11.7. The van der Waals surface area contributed by atoms with Gasteiger partial charge < -0.3 is 9.84 Å². The Labute approximate surface area is 101 Å². The second-order valence-electron chi connectivity index (χ2n) is 3.31.